The van der Waals surface area contributed by atoms with Gasteiger partial charge in [0.2, 0.25) is 0 Å². The zero-order valence-corrected chi connectivity index (χ0v) is 10.5. The summed E-state index contributed by atoms with van der Waals surface area (Å²) in [5, 5.41) is 6.50. The van der Waals surface area contributed by atoms with Crippen molar-refractivity contribution >= 4 is 11.6 Å². The van der Waals surface area contributed by atoms with Crippen LogP contribution in [-0.2, 0) is 4.74 Å². The molecule has 5 heteroatoms. The number of nitrogens with one attached hydrogen (secondary N) is 2. The van der Waals surface area contributed by atoms with E-state index in [-0.39, 0.29) is 5.56 Å². The van der Waals surface area contributed by atoms with Gasteiger partial charge in [-0.25, -0.2) is 0 Å². The molecule has 15 heavy (non-hydrogen) atoms. The van der Waals surface area contributed by atoms with Gasteiger partial charge in [-0.05, 0) is 19.9 Å². The molecule has 1 aliphatic rings. The molecule has 1 rings (SSSR count). The molecule has 0 saturated carbocycles. The molecular formula is C10H24ClN3O. The van der Waals surface area contributed by atoms with Gasteiger partial charge in [0.1, 0.15) is 0 Å². The molecule has 0 amide bonds. The standard InChI is InChI=1S/C7H19N3.C3H5ClO/c1-2-4-9-6-7-10-5-3-8;1-2-3(4)5-2/h9-10H,2-8H2,1H3;2-3H,1H3. The molecule has 0 spiro atoms. The molecule has 1 aliphatic heterocycles. The third-order valence-corrected chi connectivity index (χ3v) is 2.32. The van der Waals surface area contributed by atoms with Crippen LogP contribution in [0.4, 0.5) is 0 Å². The van der Waals surface area contributed by atoms with Gasteiger partial charge in [0, 0.05) is 26.2 Å². The van der Waals surface area contributed by atoms with Gasteiger partial charge >= 0.3 is 0 Å². The second-order valence-corrected chi connectivity index (χ2v) is 3.91. The summed E-state index contributed by atoms with van der Waals surface area (Å²) in [7, 11) is 0. The Balaban J connectivity index is 0.000000322. The highest BCUT2D eigenvalue weighted by Crippen LogP contribution is 2.23. The van der Waals surface area contributed by atoms with Crippen molar-refractivity contribution in [1.82, 2.24) is 10.6 Å². The van der Waals surface area contributed by atoms with E-state index < -0.39 is 0 Å². The van der Waals surface area contributed by atoms with Gasteiger partial charge in [0.05, 0.1) is 6.10 Å². The first-order valence-electron chi connectivity index (χ1n) is 5.63. The van der Waals surface area contributed by atoms with E-state index in [1.165, 1.54) is 6.42 Å². The fraction of sp³-hybridized carbons (Fsp3) is 1.00. The Hall–Kier alpha value is 0.130. The molecule has 4 nitrogen and oxygen atoms in total. The lowest BCUT2D eigenvalue weighted by atomic mass is 10.4. The minimum atomic E-state index is 0.0231. The van der Waals surface area contributed by atoms with Crippen molar-refractivity contribution in [3.63, 3.8) is 0 Å². The van der Waals surface area contributed by atoms with E-state index in [1.54, 1.807) is 0 Å². The fourth-order valence-corrected chi connectivity index (χ4v) is 1.03. The Morgan fingerprint density at radius 3 is 2.00 bits per heavy atom. The second kappa shape index (κ2) is 10.6. The van der Waals surface area contributed by atoms with E-state index in [0.717, 1.165) is 32.7 Å². The fourth-order valence-electron chi connectivity index (χ4n) is 0.865. The molecule has 0 aromatic rings. The maximum Gasteiger partial charge on any atom is 0.157 e. The Morgan fingerprint density at radius 2 is 1.67 bits per heavy atom. The number of halogens is 1. The van der Waals surface area contributed by atoms with E-state index in [2.05, 4.69) is 22.3 Å². The smallest absolute Gasteiger partial charge is 0.157 e. The molecule has 0 aromatic heterocycles. The highest BCUT2D eigenvalue weighted by molar-refractivity contribution is 6.21. The predicted octanol–water partition coefficient (Wildman–Crippen LogP) is 0.504. The van der Waals surface area contributed by atoms with Crippen molar-refractivity contribution in [1.29, 1.82) is 0 Å². The number of hydrogen-bond donors (Lipinski definition) is 3. The van der Waals surface area contributed by atoms with Crippen LogP contribution in [-0.4, -0.2) is 44.4 Å². The Kier molecular flexibility index (Phi) is 10.7. The van der Waals surface area contributed by atoms with E-state index in [1.807, 2.05) is 6.92 Å². The van der Waals surface area contributed by atoms with Gasteiger partial charge < -0.3 is 21.1 Å². The third kappa shape index (κ3) is 12.1. The largest absolute Gasteiger partial charge is 0.353 e. The van der Waals surface area contributed by atoms with Crippen LogP contribution in [0.3, 0.4) is 0 Å². The van der Waals surface area contributed by atoms with Gasteiger partial charge in [-0.1, -0.05) is 18.5 Å². The van der Waals surface area contributed by atoms with Crippen molar-refractivity contribution in [3.05, 3.63) is 0 Å². The van der Waals surface area contributed by atoms with E-state index in [9.17, 15) is 0 Å². The van der Waals surface area contributed by atoms with Crippen LogP contribution in [0.5, 0.6) is 0 Å². The topological polar surface area (TPSA) is 62.6 Å². The number of rotatable bonds is 7. The van der Waals surface area contributed by atoms with Crippen LogP contribution >= 0.6 is 11.6 Å². The van der Waals surface area contributed by atoms with Crippen molar-refractivity contribution in [2.45, 2.75) is 31.9 Å². The minimum absolute atomic E-state index is 0.0231. The molecule has 0 aliphatic carbocycles. The zero-order valence-electron chi connectivity index (χ0n) is 9.76. The molecule has 1 heterocycles. The Bertz CT molecular complexity index is 124. The van der Waals surface area contributed by atoms with E-state index in [0.29, 0.717) is 6.10 Å². The summed E-state index contributed by atoms with van der Waals surface area (Å²) in [6.45, 7) is 8.95. The summed E-state index contributed by atoms with van der Waals surface area (Å²) >= 11 is 5.31. The number of ether oxygens (including phenoxy) is 1. The Labute approximate surface area is 97.9 Å². The number of hydrogen-bond acceptors (Lipinski definition) is 4. The second-order valence-electron chi connectivity index (χ2n) is 3.48. The van der Waals surface area contributed by atoms with Crippen LogP contribution in [0.2, 0.25) is 0 Å². The molecule has 0 bridgehead atoms. The van der Waals surface area contributed by atoms with Crippen LogP contribution in [0, 0.1) is 0 Å². The molecule has 2 unspecified atom stereocenters. The zero-order chi connectivity index (χ0) is 11.5. The molecule has 1 saturated heterocycles. The lowest BCUT2D eigenvalue weighted by Gasteiger charge is -2.03. The van der Waals surface area contributed by atoms with Gasteiger partial charge in [-0.2, -0.15) is 0 Å². The van der Waals surface area contributed by atoms with Gasteiger partial charge in [0.15, 0.2) is 5.56 Å². The summed E-state index contributed by atoms with van der Waals surface area (Å²) in [6.07, 6.45) is 1.52. The van der Waals surface area contributed by atoms with Gasteiger partial charge in [-0.3, -0.25) is 0 Å². The van der Waals surface area contributed by atoms with Crippen molar-refractivity contribution < 1.29 is 4.74 Å². The van der Waals surface area contributed by atoms with Crippen molar-refractivity contribution in [2.75, 3.05) is 32.7 Å². The predicted molar refractivity (Wildman–Crippen MR) is 65.3 cm³/mol. The van der Waals surface area contributed by atoms with E-state index >= 15 is 0 Å². The van der Waals surface area contributed by atoms with E-state index in [4.69, 9.17) is 17.3 Å². The van der Waals surface area contributed by atoms with Crippen LogP contribution in [0.1, 0.15) is 20.3 Å². The number of nitrogens with two attached hydrogens (primary N) is 1. The summed E-state index contributed by atoms with van der Waals surface area (Å²) in [6, 6.07) is 0. The first-order chi connectivity index (χ1) is 7.22. The van der Waals surface area contributed by atoms with Crippen LogP contribution in [0.15, 0.2) is 0 Å². The monoisotopic (exact) mass is 237 g/mol. The number of epoxide rings is 1. The number of alkyl halides is 1. The van der Waals surface area contributed by atoms with Crippen molar-refractivity contribution in [2.24, 2.45) is 5.73 Å². The lowest BCUT2D eigenvalue weighted by molar-refractivity contribution is 0.411. The normalized spacial score (nSPS) is 23.2. The minimum Gasteiger partial charge on any atom is -0.353 e. The quantitative estimate of drug-likeness (QED) is 0.343. The van der Waals surface area contributed by atoms with Gasteiger partial charge in [0.25, 0.3) is 0 Å². The average Bonchev–Trinajstić information content (AvgIpc) is 2.87. The molecule has 0 aromatic carbocycles. The molecular weight excluding hydrogens is 214 g/mol. The summed E-state index contributed by atoms with van der Waals surface area (Å²) in [4.78, 5) is 0. The molecule has 2 atom stereocenters. The Morgan fingerprint density at radius 1 is 1.20 bits per heavy atom. The summed E-state index contributed by atoms with van der Waals surface area (Å²) in [5.74, 6) is 0. The lowest BCUT2D eigenvalue weighted by Crippen LogP contribution is -2.30. The first-order valence-corrected chi connectivity index (χ1v) is 6.07. The molecule has 92 valence electrons. The highest BCUT2D eigenvalue weighted by atomic mass is 35.5. The maximum atomic E-state index is 5.31. The third-order valence-electron chi connectivity index (χ3n) is 1.86. The van der Waals surface area contributed by atoms with Crippen LogP contribution in [0.25, 0.3) is 0 Å². The molecule has 0 radical (unpaired) electrons. The van der Waals surface area contributed by atoms with Crippen molar-refractivity contribution in [3.8, 4) is 0 Å². The molecule has 1 fully saturated rings. The highest BCUT2D eigenvalue weighted by Gasteiger charge is 2.30. The van der Waals surface area contributed by atoms with Crippen LogP contribution < -0.4 is 16.4 Å². The van der Waals surface area contributed by atoms with Gasteiger partial charge in [-0.15, -0.1) is 0 Å². The maximum absolute atomic E-state index is 5.31. The SMILES string of the molecule is CC1OC1Cl.CCCNCCNCCN. The summed E-state index contributed by atoms with van der Waals surface area (Å²) < 4.78 is 4.68. The molecule has 4 N–H and O–H groups in total. The first kappa shape index (κ1) is 15.1. The average molecular weight is 238 g/mol. The summed E-state index contributed by atoms with van der Waals surface area (Å²) in [5.41, 5.74) is 5.31.